The molecule has 1 fully saturated rings. The number of rotatable bonds is 4. The van der Waals surface area contributed by atoms with Crippen molar-refractivity contribution < 1.29 is 13.2 Å². The van der Waals surface area contributed by atoms with E-state index in [-0.39, 0.29) is 5.91 Å². The van der Waals surface area contributed by atoms with Crippen LogP contribution in [0.5, 0.6) is 0 Å². The molecule has 0 bridgehead atoms. The normalized spacial score (nSPS) is 16.0. The van der Waals surface area contributed by atoms with Crippen LogP contribution in [0.2, 0.25) is 0 Å². The molecule has 0 unspecified atom stereocenters. The summed E-state index contributed by atoms with van der Waals surface area (Å²) in [4.78, 5) is 15.5. The van der Waals surface area contributed by atoms with Crippen LogP contribution in [-0.4, -0.2) is 49.7 Å². The van der Waals surface area contributed by atoms with Gasteiger partial charge in [0.1, 0.15) is 4.21 Å². The van der Waals surface area contributed by atoms with E-state index in [0.717, 1.165) is 22.4 Å². The number of benzene rings is 1. The van der Waals surface area contributed by atoms with Gasteiger partial charge in [0, 0.05) is 36.6 Å². The highest BCUT2D eigenvalue weighted by Gasteiger charge is 2.31. The van der Waals surface area contributed by atoms with Crippen LogP contribution in [0.3, 0.4) is 0 Å². The van der Waals surface area contributed by atoms with E-state index in [1.807, 2.05) is 45.0 Å². The van der Waals surface area contributed by atoms with Crippen LogP contribution in [0.4, 0.5) is 0 Å². The predicted octanol–water partition coefficient (Wildman–Crippen LogP) is 3.07. The molecule has 1 aliphatic rings. The summed E-state index contributed by atoms with van der Waals surface area (Å²) in [6.07, 6.45) is 0.832. The van der Waals surface area contributed by atoms with Crippen LogP contribution in [0.25, 0.3) is 0 Å². The second kappa shape index (κ2) is 7.50. The fourth-order valence-electron chi connectivity index (χ4n) is 3.00. The molecule has 0 N–H and O–H groups in total. The number of amides is 1. The van der Waals surface area contributed by atoms with Gasteiger partial charge in [-0.05, 0) is 55.7 Å². The van der Waals surface area contributed by atoms with Gasteiger partial charge in [-0.2, -0.15) is 4.31 Å². The van der Waals surface area contributed by atoms with Crippen LogP contribution < -0.4 is 0 Å². The second-order valence-electron chi connectivity index (χ2n) is 6.57. The summed E-state index contributed by atoms with van der Waals surface area (Å²) < 4.78 is 27.4. The van der Waals surface area contributed by atoms with E-state index in [1.165, 1.54) is 15.6 Å². The summed E-state index contributed by atoms with van der Waals surface area (Å²) in [6, 6.07) is 9.25. The quantitative estimate of drug-likeness (QED) is 0.803. The van der Waals surface area contributed by atoms with Gasteiger partial charge in [0.05, 0.1) is 0 Å². The number of hydrogen-bond donors (Lipinski definition) is 0. The van der Waals surface area contributed by atoms with E-state index in [4.69, 9.17) is 0 Å². The first kappa shape index (κ1) is 19.1. The first-order valence-corrected chi connectivity index (χ1v) is 11.0. The van der Waals surface area contributed by atoms with Crippen LogP contribution in [0, 0.1) is 13.8 Å². The average molecular weight is 393 g/mol. The number of nitrogens with zero attached hydrogens (tertiary/aromatic N) is 2. The number of piperazine rings is 1. The second-order valence-corrected chi connectivity index (χ2v) is 9.90. The van der Waals surface area contributed by atoms with Crippen molar-refractivity contribution in [3.8, 4) is 0 Å². The largest absolute Gasteiger partial charge is 0.336 e. The fraction of sp³-hybridized carbons (Fsp3) is 0.421. The van der Waals surface area contributed by atoms with Gasteiger partial charge in [0.2, 0.25) is 0 Å². The summed E-state index contributed by atoms with van der Waals surface area (Å²) in [5, 5.41) is 0. The molecule has 1 aromatic carbocycles. The molecule has 140 valence electrons. The number of hydrogen-bond acceptors (Lipinski definition) is 4. The molecule has 0 atom stereocenters. The number of carbonyl (C=O) groups is 1. The van der Waals surface area contributed by atoms with Gasteiger partial charge in [-0.15, -0.1) is 11.3 Å². The van der Waals surface area contributed by atoms with Crippen LogP contribution >= 0.6 is 11.3 Å². The van der Waals surface area contributed by atoms with Gasteiger partial charge in [0.25, 0.3) is 15.9 Å². The van der Waals surface area contributed by atoms with E-state index in [9.17, 15) is 13.2 Å². The third-order valence-electron chi connectivity index (χ3n) is 4.86. The molecule has 3 rings (SSSR count). The van der Waals surface area contributed by atoms with Crippen LogP contribution in [0.15, 0.2) is 34.5 Å². The molecule has 2 heterocycles. The molecule has 1 amide bonds. The summed E-state index contributed by atoms with van der Waals surface area (Å²) in [6.45, 7) is 7.51. The van der Waals surface area contributed by atoms with Crippen molar-refractivity contribution in [2.24, 2.45) is 0 Å². The first-order valence-electron chi connectivity index (χ1n) is 8.78. The van der Waals surface area contributed by atoms with E-state index in [2.05, 4.69) is 0 Å². The summed E-state index contributed by atoms with van der Waals surface area (Å²) in [5.41, 5.74) is 2.90. The first-order chi connectivity index (χ1) is 12.3. The Morgan fingerprint density at radius 1 is 1.04 bits per heavy atom. The van der Waals surface area contributed by atoms with Gasteiger partial charge in [-0.3, -0.25) is 4.79 Å². The minimum Gasteiger partial charge on any atom is -0.336 e. The molecule has 26 heavy (non-hydrogen) atoms. The molecule has 1 aromatic heterocycles. The molecule has 2 aromatic rings. The lowest BCUT2D eigenvalue weighted by atomic mass is 10.1. The molecule has 5 nitrogen and oxygen atoms in total. The van der Waals surface area contributed by atoms with Gasteiger partial charge < -0.3 is 4.90 Å². The number of aryl methyl sites for hydroxylation is 3. The van der Waals surface area contributed by atoms with Crippen molar-refractivity contribution in [3.63, 3.8) is 0 Å². The predicted molar refractivity (Wildman–Crippen MR) is 104 cm³/mol. The van der Waals surface area contributed by atoms with Crippen LogP contribution in [-0.2, 0) is 16.4 Å². The zero-order chi connectivity index (χ0) is 18.9. The molecule has 1 saturated heterocycles. The smallest absolute Gasteiger partial charge is 0.253 e. The Morgan fingerprint density at radius 3 is 2.31 bits per heavy atom. The van der Waals surface area contributed by atoms with Crippen molar-refractivity contribution in [1.82, 2.24) is 9.21 Å². The molecule has 0 saturated carbocycles. The molecular formula is C19H24N2O3S2. The lowest BCUT2D eigenvalue weighted by molar-refractivity contribution is 0.0698. The minimum absolute atomic E-state index is 0.0328. The third-order valence-corrected chi connectivity index (χ3v) is 8.45. The molecule has 1 aliphatic heterocycles. The Labute approximate surface area is 159 Å². The van der Waals surface area contributed by atoms with E-state index in [1.54, 1.807) is 11.0 Å². The minimum atomic E-state index is -3.46. The van der Waals surface area contributed by atoms with Crippen molar-refractivity contribution in [2.75, 3.05) is 26.2 Å². The highest BCUT2D eigenvalue weighted by molar-refractivity contribution is 7.91. The monoisotopic (exact) mass is 392 g/mol. The Balaban J connectivity index is 1.68. The molecule has 7 heteroatoms. The zero-order valence-corrected chi connectivity index (χ0v) is 17.0. The van der Waals surface area contributed by atoms with Gasteiger partial charge in [-0.1, -0.05) is 13.0 Å². The summed E-state index contributed by atoms with van der Waals surface area (Å²) in [5.74, 6) is -0.0328. The lowest BCUT2D eigenvalue weighted by Gasteiger charge is -2.33. The van der Waals surface area contributed by atoms with Gasteiger partial charge in [0.15, 0.2) is 0 Å². The fourth-order valence-corrected chi connectivity index (χ4v) is 5.87. The zero-order valence-electron chi connectivity index (χ0n) is 15.4. The SMILES string of the molecule is CCc1ccc(S(=O)(=O)N2CCN(C(=O)c3ccc(C)c(C)c3)CC2)s1. The lowest BCUT2D eigenvalue weighted by Crippen LogP contribution is -2.50. The third kappa shape index (κ3) is 3.70. The standard InChI is InChI=1S/C19H24N2O3S2/c1-4-17-7-8-18(25-17)26(23,24)21-11-9-20(10-12-21)19(22)16-6-5-14(2)15(3)13-16/h5-8,13H,4,9-12H2,1-3H3. The maximum atomic E-state index is 12.8. The summed E-state index contributed by atoms with van der Waals surface area (Å²) >= 11 is 1.33. The maximum Gasteiger partial charge on any atom is 0.253 e. The topological polar surface area (TPSA) is 57.7 Å². The molecule has 0 radical (unpaired) electrons. The highest BCUT2D eigenvalue weighted by atomic mass is 32.2. The Kier molecular flexibility index (Phi) is 5.50. The number of carbonyl (C=O) groups excluding carboxylic acids is 1. The maximum absolute atomic E-state index is 12.8. The molecule has 0 aliphatic carbocycles. The van der Waals surface area contributed by atoms with Gasteiger partial charge in [-0.25, -0.2) is 8.42 Å². The van der Waals surface area contributed by atoms with Crippen molar-refractivity contribution in [1.29, 1.82) is 0 Å². The van der Waals surface area contributed by atoms with E-state index >= 15 is 0 Å². The highest BCUT2D eigenvalue weighted by Crippen LogP contribution is 2.26. The number of sulfonamides is 1. The van der Waals surface area contributed by atoms with Crippen molar-refractivity contribution in [3.05, 3.63) is 51.9 Å². The Bertz CT molecular complexity index is 911. The average Bonchev–Trinajstić information content (AvgIpc) is 3.13. The van der Waals surface area contributed by atoms with E-state index in [0.29, 0.717) is 36.0 Å². The Morgan fingerprint density at radius 2 is 1.73 bits per heavy atom. The number of thiophene rings is 1. The van der Waals surface area contributed by atoms with Gasteiger partial charge >= 0.3 is 0 Å². The molecule has 0 spiro atoms. The van der Waals surface area contributed by atoms with Crippen molar-refractivity contribution in [2.45, 2.75) is 31.4 Å². The summed E-state index contributed by atoms with van der Waals surface area (Å²) in [7, 11) is -3.46. The van der Waals surface area contributed by atoms with E-state index < -0.39 is 10.0 Å². The Hall–Kier alpha value is -1.70. The molecular weight excluding hydrogens is 368 g/mol. The van der Waals surface area contributed by atoms with Crippen molar-refractivity contribution >= 4 is 27.3 Å². The van der Waals surface area contributed by atoms with Crippen LogP contribution in [0.1, 0.15) is 33.3 Å².